The third kappa shape index (κ3) is 56.9. The van der Waals surface area contributed by atoms with E-state index in [2.05, 4.69) is 65.2 Å². The van der Waals surface area contributed by atoms with Gasteiger partial charge in [-0.05, 0) is 65.4 Å². The molecular weight excluding hydrogens is 492 g/mol. The zero-order valence-electron chi connectivity index (χ0n) is 22.4. The minimum Gasteiger partial charge on any atom is -0.478 e. The monoisotopic (exact) mass is 536 g/mol. The lowest BCUT2D eigenvalue weighted by Gasteiger charge is -1.96. The summed E-state index contributed by atoms with van der Waals surface area (Å²) in [5.41, 5.74) is 1.89. The van der Waals surface area contributed by atoms with Crippen LogP contribution in [0, 0.1) is 0 Å². The van der Waals surface area contributed by atoms with Crippen LogP contribution in [0.1, 0.15) is 61.0 Å². The number of carbonyl (C=O) groups is 2. The summed E-state index contributed by atoms with van der Waals surface area (Å²) in [5.74, 6) is -1.25. The van der Waals surface area contributed by atoms with Gasteiger partial charge in [-0.3, -0.25) is 0 Å². The third-order valence-electron chi connectivity index (χ3n) is 2.48. The largest absolute Gasteiger partial charge is 0.478 e. The van der Waals surface area contributed by atoms with E-state index in [9.17, 15) is 9.59 Å². The van der Waals surface area contributed by atoms with Gasteiger partial charge in [0.15, 0.2) is 0 Å². The molecule has 0 spiro atoms. The van der Waals surface area contributed by atoms with E-state index in [1.54, 1.807) is 19.9 Å². The van der Waals surface area contributed by atoms with Crippen molar-refractivity contribution in [2.75, 3.05) is 6.61 Å². The molecule has 1 aromatic carbocycles. The van der Waals surface area contributed by atoms with Crippen LogP contribution in [0.4, 0.5) is 0 Å². The summed E-state index contributed by atoms with van der Waals surface area (Å²) in [6.45, 7) is 28.4. The van der Waals surface area contributed by atoms with Crippen molar-refractivity contribution in [2.45, 2.75) is 55.4 Å². The second-order valence-electron chi connectivity index (χ2n) is 6.25. The van der Waals surface area contributed by atoms with E-state index < -0.39 is 5.97 Å². The Morgan fingerprint density at radius 2 is 1.26 bits per heavy atom. The Labute approximate surface area is 217 Å². The molecule has 0 fully saturated rings. The first-order chi connectivity index (χ1) is 15.8. The first-order valence-electron chi connectivity index (χ1n) is 10.7. The topological polar surface area (TPSA) is 63.6 Å². The third-order valence-corrected chi connectivity index (χ3v) is 2.48. The van der Waals surface area contributed by atoms with Crippen LogP contribution in [0.15, 0.2) is 96.6 Å². The molecular formula is C29H45BrO4. The van der Waals surface area contributed by atoms with Crippen molar-refractivity contribution in [3.8, 4) is 0 Å². The Morgan fingerprint density at radius 3 is 1.44 bits per heavy atom. The molecule has 34 heavy (non-hydrogen) atoms. The second-order valence-corrected chi connectivity index (χ2v) is 7.60. The smallest absolute Gasteiger partial charge is 0.333 e. The van der Waals surface area contributed by atoms with Gasteiger partial charge in [0, 0.05) is 11.1 Å². The Morgan fingerprint density at radius 1 is 0.912 bits per heavy atom. The number of ether oxygens (including phenoxy) is 1. The summed E-state index contributed by atoms with van der Waals surface area (Å²) in [6.07, 6.45) is 9.87. The zero-order valence-corrected chi connectivity index (χ0v) is 23.9. The molecule has 1 aromatic rings. The quantitative estimate of drug-likeness (QED) is 0.236. The molecule has 0 amide bonds. The molecule has 4 nitrogen and oxygen atoms in total. The lowest BCUT2D eigenvalue weighted by atomic mass is 10.2. The molecule has 192 valence electrons. The number of benzene rings is 1. The van der Waals surface area contributed by atoms with Crippen molar-refractivity contribution in [1.82, 2.24) is 0 Å². The van der Waals surface area contributed by atoms with Gasteiger partial charge in [0.1, 0.15) is 0 Å². The molecule has 1 N–H and O–H groups in total. The summed E-state index contributed by atoms with van der Waals surface area (Å²) in [5, 5.41) is 7.89. The fourth-order valence-electron chi connectivity index (χ4n) is 1.01. The number of hydrogen-bond donors (Lipinski definition) is 1. The summed E-state index contributed by atoms with van der Waals surface area (Å²) in [4.78, 5) is 20.0. The van der Waals surface area contributed by atoms with Crippen LogP contribution in [0.25, 0.3) is 6.08 Å². The van der Waals surface area contributed by atoms with Gasteiger partial charge in [-0.25, -0.2) is 9.59 Å². The van der Waals surface area contributed by atoms with E-state index in [1.165, 1.54) is 12.5 Å². The lowest BCUT2D eigenvalue weighted by Crippen LogP contribution is -2.03. The number of allylic oxidation sites excluding steroid dienone is 5. The number of carboxylic acids is 1. The van der Waals surface area contributed by atoms with Crippen LogP contribution < -0.4 is 0 Å². The van der Waals surface area contributed by atoms with Crippen molar-refractivity contribution in [3.63, 3.8) is 0 Å². The Hall–Kier alpha value is -2.92. The van der Waals surface area contributed by atoms with Crippen LogP contribution >= 0.6 is 15.9 Å². The maximum absolute atomic E-state index is 10.4. The fourth-order valence-corrected chi connectivity index (χ4v) is 1.01. The van der Waals surface area contributed by atoms with Gasteiger partial charge in [-0.1, -0.05) is 96.4 Å². The van der Waals surface area contributed by atoms with Crippen molar-refractivity contribution in [3.05, 3.63) is 102 Å². The normalized spacial score (nSPS) is 8.26. The van der Waals surface area contributed by atoms with Crippen LogP contribution in [-0.4, -0.2) is 23.7 Å². The summed E-state index contributed by atoms with van der Waals surface area (Å²) >= 11 is 3.08. The van der Waals surface area contributed by atoms with Crippen molar-refractivity contribution < 1.29 is 19.4 Å². The zero-order chi connectivity index (χ0) is 27.9. The second kappa shape index (κ2) is 34.7. The van der Waals surface area contributed by atoms with Crippen molar-refractivity contribution in [1.29, 1.82) is 0 Å². The molecule has 0 saturated heterocycles. The van der Waals surface area contributed by atoms with Gasteiger partial charge >= 0.3 is 11.9 Å². The van der Waals surface area contributed by atoms with E-state index in [4.69, 9.17) is 5.11 Å². The highest BCUT2D eigenvalue weighted by atomic mass is 79.9. The SMILES string of the molecule is C/C=C/C.C/C=C/c1ccccc1.C=C(C)Br.C=C(C)C(=O)O.C=C(C)C(=O)OCC.C=CC. The lowest BCUT2D eigenvalue weighted by molar-refractivity contribution is -0.138. The van der Waals surface area contributed by atoms with Crippen LogP contribution in [-0.2, 0) is 14.3 Å². The highest BCUT2D eigenvalue weighted by Gasteiger charge is 1.98. The van der Waals surface area contributed by atoms with Crippen molar-refractivity contribution in [2.24, 2.45) is 0 Å². The molecule has 0 aromatic heterocycles. The number of aliphatic carboxylic acids is 1. The van der Waals surface area contributed by atoms with Gasteiger partial charge in [-0.2, -0.15) is 0 Å². The first-order valence-corrected chi connectivity index (χ1v) is 11.5. The number of halogens is 1. The van der Waals surface area contributed by atoms with Crippen LogP contribution in [0.2, 0.25) is 0 Å². The fraction of sp³-hybridized carbons (Fsp3) is 0.310. The summed E-state index contributed by atoms with van der Waals surface area (Å²) in [7, 11) is 0. The van der Waals surface area contributed by atoms with Gasteiger partial charge < -0.3 is 9.84 Å². The van der Waals surface area contributed by atoms with Crippen LogP contribution in [0.5, 0.6) is 0 Å². The maximum Gasteiger partial charge on any atom is 0.333 e. The molecule has 0 bridgehead atoms. The molecule has 0 aliphatic rings. The van der Waals surface area contributed by atoms with E-state index in [-0.39, 0.29) is 11.5 Å². The van der Waals surface area contributed by atoms with Gasteiger partial charge in [0.2, 0.25) is 0 Å². The molecule has 0 aliphatic heterocycles. The van der Waals surface area contributed by atoms with Gasteiger partial charge in [0.05, 0.1) is 6.61 Å². The predicted octanol–water partition coefficient (Wildman–Crippen LogP) is 9.18. The number of rotatable bonds is 4. The Bertz CT molecular complexity index is 710. The number of esters is 1. The number of hydrogen-bond acceptors (Lipinski definition) is 3. The standard InChI is InChI=1S/C9H10.C6H10O2.C4H6O2.C4H8.C3H5Br.C3H6/c1-2-6-9-7-4-3-5-8-9;1-4-8-6(7)5(2)3;1-3(2)4(5)6;1-3-4-2;1-3(2)4;1-3-2/h2-8H,1H3;2,4H2,1,3H3;1H2,2H3,(H,5,6);3-4H,1-2H3;1H2,2H3;3H,1H2,2H3/b6-2+;;;4-3+;;. The van der Waals surface area contributed by atoms with E-state index in [0.717, 1.165) is 4.48 Å². The minimum absolute atomic E-state index is 0.176. The van der Waals surface area contributed by atoms with E-state index >= 15 is 0 Å². The maximum atomic E-state index is 10.4. The molecule has 0 atom stereocenters. The molecule has 0 heterocycles. The molecule has 0 saturated carbocycles. The highest BCUT2D eigenvalue weighted by Crippen LogP contribution is 1.99. The van der Waals surface area contributed by atoms with Crippen molar-refractivity contribution >= 4 is 33.9 Å². The highest BCUT2D eigenvalue weighted by molar-refractivity contribution is 9.11. The molecule has 1 rings (SSSR count). The van der Waals surface area contributed by atoms with Crippen LogP contribution in [0.3, 0.4) is 0 Å². The minimum atomic E-state index is -0.935. The average Bonchev–Trinajstić information content (AvgIpc) is 2.76. The summed E-state index contributed by atoms with van der Waals surface area (Å²) in [6, 6.07) is 10.3. The molecule has 0 aliphatic carbocycles. The average molecular weight is 538 g/mol. The van der Waals surface area contributed by atoms with E-state index in [0.29, 0.717) is 12.2 Å². The predicted molar refractivity (Wildman–Crippen MR) is 155 cm³/mol. The molecule has 0 unspecified atom stereocenters. The van der Waals surface area contributed by atoms with E-state index in [1.807, 2.05) is 71.0 Å². The molecule has 5 heteroatoms. The summed E-state index contributed by atoms with van der Waals surface area (Å²) < 4.78 is 5.54. The van der Waals surface area contributed by atoms with Gasteiger partial charge in [-0.15, -0.1) is 6.58 Å². The molecule has 0 radical (unpaired) electrons. The number of carbonyl (C=O) groups excluding carboxylic acids is 1. The number of carboxylic acid groups (broad SMARTS) is 1. The first kappa shape index (κ1) is 41.3. The Kier molecular flexibility index (Phi) is 42.2. The Balaban J connectivity index is -0.000000104. The van der Waals surface area contributed by atoms with Gasteiger partial charge in [0.25, 0.3) is 0 Å².